The predicted molar refractivity (Wildman–Crippen MR) is 162 cm³/mol. The first-order valence-corrected chi connectivity index (χ1v) is 16.8. The number of ether oxygens (including phenoxy) is 2. The van der Waals surface area contributed by atoms with Gasteiger partial charge in [-0.15, -0.1) is 0 Å². The van der Waals surface area contributed by atoms with Crippen LogP contribution in [0.3, 0.4) is 0 Å². The molecule has 2 aromatic rings. The zero-order valence-corrected chi connectivity index (χ0v) is 26.2. The van der Waals surface area contributed by atoms with Crippen LogP contribution in [0.4, 0.5) is 0 Å². The van der Waals surface area contributed by atoms with E-state index in [-0.39, 0.29) is 11.5 Å². The van der Waals surface area contributed by atoms with Gasteiger partial charge in [0.25, 0.3) is 20.2 Å². The molecular formula is C30H40N2O8S2+2. The third kappa shape index (κ3) is 12.0. The first-order valence-electron chi connectivity index (χ1n) is 13.6. The lowest BCUT2D eigenvalue weighted by Crippen LogP contribution is -2.44. The van der Waals surface area contributed by atoms with Crippen molar-refractivity contribution in [2.45, 2.75) is 12.8 Å². The molecule has 0 atom stereocenters. The largest absolute Gasteiger partial charge is 0.488 e. The molecule has 0 saturated carbocycles. The van der Waals surface area contributed by atoms with Gasteiger partial charge < -0.3 is 18.4 Å². The van der Waals surface area contributed by atoms with Crippen LogP contribution in [0, 0.1) is 23.7 Å². The van der Waals surface area contributed by atoms with Gasteiger partial charge in [0.1, 0.15) is 37.8 Å². The molecule has 0 aliphatic heterocycles. The van der Waals surface area contributed by atoms with E-state index in [1.807, 2.05) is 64.6 Å². The maximum absolute atomic E-state index is 11.0. The SMILES string of the molecule is C[N+](C)(CCCS(=O)(=O)O)CCOc1ccc2c(c1)C#Cc1ccc(OCC[N+](C)(C)CCCS(=O)(=O)O)cc1C#C2. The second kappa shape index (κ2) is 13.9. The van der Waals surface area contributed by atoms with Gasteiger partial charge in [-0.2, -0.15) is 16.8 Å². The van der Waals surface area contributed by atoms with Gasteiger partial charge in [0.05, 0.1) is 52.8 Å². The highest BCUT2D eigenvalue weighted by atomic mass is 32.2. The summed E-state index contributed by atoms with van der Waals surface area (Å²) in [6, 6.07) is 11.2. The van der Waals surface area contributed by atoms with Gasteiger partial charge in [-0.25, -0.2) is 0 Å². The van der Waals surface area contributed by atoms with Crippen LogP contribution in [-0.2, 0) is 20.2 Å². The van der Waals surface area contributed by atoms with Gasteiger partial charge in [-0.3, -0.25) is 9.11 Å². The number of benzene rings is 2. The van der Waals surface area contributed by atoms with Crippen molar-refractivity contribution < 1.29 is 44.4 Å². The van der Waals surface area contributed by atoms with Crippen LogP contribution in [0.1, 0.15) is 35.1 Å². The Morgan fingerprint density at radius 2 is 0.952 bits per heavy atom. The molecule has 0 bridgehead atoms. The molecule has 0 fully saturated rings. The molecule has 3 rings (SSSR count). The summed E-state index contributed by atoms with van der Waals surface area (Å²) in [7, 11) is 0.0391. The Labute approximate surface area is 249 Å². The van der Waals surface area contributed by atoms with Gasteiger partial charge in [-0.05, 0) is 36.4 Å². The first kappa shape index (κ1) is 33.4. The number of hydrogen-bond donors (Lipinski definition) is 2. The summed E-state index contributed by atoms with van der Waals surface area (Å²) in [6.07, 6.45) is 0.737. The highest BCUT2D eigenvalue weighted by Crippen LogP contribution is 2.22. The maximum atomic E-state index is 11.0. The van der Waals surface area contributed by atoms with Crippen molar-refractivity contribution >= 4 is 20.2 Å². The maximum Gasteiger partial charge on any atom is 0.265 e. The van der Waals surface area contributed by atoms with Crippen molar-refractivity contribution in [3.63, 3.8) is 0 Å². The molecule has 0 unspecified atom stereocenters. The smallest absolute Gasteiger partial charge is 0.265 e. The minimum absolute atomic E-state index is 0.251. The number of quaternary nitrogens is 2. The summed E-state index contributed by atoms with van der Waals surface area (Å²) in [5.41, 5.74) is 3.11. The minimum Gasteiger partial charge on any atom is -0.488 e. The fourth-order valence-corrected chi connectivity index (χ4v) is 5.30. The average Bonchev–Trinajstić information content (AvgIpc) is 2.84. The van der Waals surface area contributed by atoms with E-state index in [0.717, 1.165) is 22.3 Å². The van der Waals surface area contributed by atoms with Gasteiger partial charge in [0, 0.05) is 35.1 Å². The van der Waals surface area contributed by atoms with Crippen LogP contribution in [-0.4, -0.2) is 114 Å². The first-order chi connectivity index (χ1) is 19.5. The number of rotatable bonds is 16. The van der Waals surface area contributed by atoms with Gasteiger partial charge in [0.15, 0.2) is 0 Å². The fourth-order valence-electron chi connectivity index (χ4n) is 4.32. The van der Waals surface area contributed by atoms with E-state index in [2.05, 4.69) is 23.7 Å². The molecule has 0 amide bonds. The van der Waals surface area contributed by atoms with Crippen molar-refractivity contribution in [2.75, 3.05) is 79.1 Å². The highest BCUT2D eigenvalue weighted by Gasteiger charge is 2.18. The average molecular weight is 621 g/mol. The van der Waals surface area contributed by atoms with Crippen LogP contribution < -0.4 is 9.47 Å². The standard InChI is InChI=1S/C30H38N2O8S2/c1-31(2,15-5-21-41(33,34)35)17-19-39-29-13-11-25-8-10-28-24-30(14-12-26(28)7-9-27(25)23-29)40-20-18-32(3,4)16-6-22-42(36,37)38/h11-14,23-24H,5-6,15-22H2,1-4H3/p+2. The second-order valence-corrected chi connectivity index (χ2v) is 14.8. The molecule has 2 N–H and O–H groups in total. The number of hydrogen-bond acceptors (Lipinski definition) is 6. The lowest BCUT2D eigenvalue weighted by atomic mass is 10.0. The summed E-state index contributed by atoms with van der Waals surface area (Å²) < 4.78 is 74.7. The summed E-state index contributed by atoms with van der Waals surface area (Å²) >= 11 is 0. The topological polar surface area (TPSA) is 127 Å². The Morgan fingerprint density at radius 1 is 0.595 bits per heavy atom. The quantitative estimate of drug-likeness (QED) is 0.142. The van der Waals surface area contributed by atoms with Crippen LogP contribution in [0.2, 0.25) is 0 Å². The summed E-state index contributed by atoms with van der Waals surface area (Å²) in [5.74, 6) is 13.6. The van der Waals surface area contributed by atoms with E-state index < -0.39 is 20.2 Å². The Kier molecular flexibility index (Phi) is 11.1. The van der Waals surface area contributed by atoms with Gasteiger partial charge >= 0.3 is 0 Å². The van der Waals surface area contributed by atoms with E-state index >= 15 is 0 Å². The zero-order valence-electron chi connectivity index (χ0n) is 24.6. The van der Waals surface area contributed by atoms with Crippen LogP contribution in [0.5, 0.6) is 11.5 Å². The van der Waals surface area contributed by atoms with Gasteiger partial charge in [-0.1, -0.05) is 23.7 Å². The van der Waals surface area contributed by atoms with Crippen molar-refractivity contribution in [3.05, 3.63) is 58.7 Å². The molecular weight excluding hydrogens is 580 g/mol. The Bertz CT molecular complexity index is 1490. The van der Waals surface area contributed by atoms with Crippen molar-refractivity contribution in [2.24, 2.45) is 0 Å². The van der Waals surface area contributed by atoms with E-state index in [1.54, 1.807) is 0 Å². The summed E-state index contributed by atoms with van der Waals surface area (Å²) in [5, 5.41) is 0. The van der Waals surface area contributed by atoms with Crippen LogP contribution in [0.15, 0.2) is 36.4 Å². The lowest BCUT2D eigenvalue weighted by Gasteiger charge is -2.29. The molecule has 12 heteroatoms. The number of nitrogens with zero attached hydrogens (tertiary/aromatic N) is 2. The number of fused-ring (bicyclic) bond motifs is 2. The summed E-state index contributed by atoms with van der Waals surface area (Å²) in [4.78, 5) is 0. The van der Waals surface area contributed by atoms with E-state index in [0.29, 0.717) is 72.7 Å². The molecule has 2 aromatic carbocycles. The monoisotopic (exact) mass is 620 g/mol. The third-order valence-electron chi connectivity index (χ3n) is 6.91. The molecule has 0 aromatic heterocycles. The van der Waals surface area contributed by atoms with Crippen molar-refractivity contribution in [1.82, 2.24) is 0 Å². The molecule has 228 valence electrons. The highest BCUT2D eigenvalue weighted by molar-refractivity contribution is 7.86. The summed E-state index contributed by atoms with van der Waals surface area (Å²) in [6.45, 7) is 3.38. The predicted octanol–water partition coefficient (Wildman–Crippen LogP) is 2.27. The molecule has 0 radical (unpaired) electrons. The molecule has 42 heavy (non-hydrogen) atoms. The van der Waals surface area contributed by atoms with Crippen molar-refractivity contribution in [3.8, 4) is 35.2 Å². The van der Waals surface area contributed by atoms with Crippen molar-refractivity contribution in [1.29, 1.82) is 0 Å². The minimum atomic E-state index is -3.95. The number of likely N-dealkylation sites (N-methyl/N-ethyl adjacent to an activating group) is 2. The molecule has 1 aliphatic rings. The molecule has 0 saturated heterocycles. The molecule has 0 heterocycles. The van der Waals surface area contributed by atoms with E-state index in [9.17, 15) is 16.8 Å². The van der Waals surface area contributed by atoms with Gasteiger partial charge in [0.2, 0.25) is 0 Å². The lowest BCUT2D eigenvalue weighted by molar-refractivity contribution is -0.890. The Hall–Kier alpha value is -3.10. The molecule has 0 spiro atoms. The molecule has 1 aliphatic carbocycles. The Balaban J connectivity index is 1.56. The Morgan fingerprint density at radius 3 is 1.31 bits per heavy atom. The fraction of sp³-hybridized carbons (Fsp3) is 0.467. The molecule has 10 nitrogen and oxygen atoms in total. The van der Waals surface area contributed by atoms with E-state index in [4.69, 9.17) is 18.6 Å². The van der Waals surface area contributed by atoms with Crippen LogP contribution >= 0.6 is 0 Å². The second-order valence-electron chi connectivity index (χ2n) is 11.7. The normalized spacial score (nSPS) is 12.9. The van der Waals surface area contributed by atoms with E-state index in [1.165, 1.54) is 0 Å². The zero-order chi connectivity index (χ0) is 31.0. The van der Waals surface area contributed by atoms with Crippen LogP contribution in [0.25, 0.3) is 0 Å². The third-order valence-corrected chi connectivity index (χ3v) is 8.52.